The fraction of sp³-hybridized carbons (Fsp3) is 0.692. The number of hydrogen-bond acceptors (Lipinski definition) is 4. The van der Waals surface area contributed by atoms with Crippen LogP contribution in [0.5, 0.6) is 0 Å². The monoisotopic (exact) mass is 238 g/mol. The lowest BCUT2D eigenvalue weighted by molar-refractivity contribution is -0.204. The van der Waals surface area contributed by atoms with Crippen LogP contribution in [0.15, 0.2) is 16.9 Å². The van der Waals surface area contributed by atoms with E-state index in [2.05, 4.69) is 0 Å². The molecule has 2 heterocycles. The molecule has 1 aliphatic carbocycles. The van der Waals surface area contributed by atoms with Gasteiger partial charge in [0.25, 0.3) is 0 Å². The van der Waals surface area contributed by atoms with Crippen LogP contribution in [0, 0.1) is 6.92 Å². The van der Waals surface area contributed by atoms with Crippen molar-refractivity contribution in [2.24, 2.45) is 0 Å². The first-order valence-electron chi connectivity index (χ1n) is 6.17. The standard InChI is InChI=1S/C13H18O4/c1-10-8-15-9-11(10)12(14)2-4-13(5-3-12)16-6-7-17-13/h8-9,14H,2-7H2,1H3. The molecule has 1 saturated heterocycles. The molecular weight excluding hydrogens is 220 g/mol. The van der Waals surface area contributed by atoms with E-state index >= 15 is 0 Å². The maximum atomic E-state index is 10.7. The van der Waals surface area contributed by atoms with Crippen LogP contribution in [-0.2, 0) is 15.1 Å². The highest BCUT2D eigenvalue weighted by Crippen LogP contribution is 2.45. The minimum atomic E-state index is -0.780. The van der Waals surface area contributed by atoms with Gasteiger partial charge < -0.3 is 19.0 Å². The number of aliphatic hydroxyl groups is 1. The molecule has 0 atom stereocenters. The molecule has 2 fully saturated rings. The Kier molecular flexibility index (Phi) is 2.54. The van der Waals surface area contributed by atoms with Crippen molar-refractivity contribution in [2.75, 3.05) is 13.2 Å². The van der Waals surface area contributed by atoms with E-state index in [-0.39, 0.29) is 0 Å². The maximum absolute atomic E-state index is 10.7. The fourth-order valence-electron chi connectivity index (χ4n) is 2.94. The lowest BCUT2D eigenvalue weighted by atomic mass is 9.77. The summed E-state index contributed by atoms with van der Waals surface area (Å²) in [6.45, 7) is 3.30. The number of rotatable bonds is 1. The predicted octanol–water partition coefficient (Wildman–Crippen LogP) is 2.09. The minimum absolute atomic E-state index is 0.427. The molecule has 1 aliphatic heterocycles. The van der Waals surface area contributed by atoms with E-state index in [4.69, 9.17) is 13.9 Å². The summed E-state index contributed by atoms with van der Waals surface area (Å²) in [7, 11) is 0. The average molecular weight is 238 g/mol. The van der Waals surface area contributed by atoms with Gasteiger partial charge in [-0.1, -0.05) is 0 Å². The smallest absolute Gasteiger partial charge is 0.168 e. The third-order valence-corrected chi connectivity index (χ3v) is 4.01. The van der Waals surface area contributed by atoms with Gasteiger partial charge in [-0.2, -0.15) is 0 Å². The van der Waals surface area contributed by atoms with Gasteiger partial charge in [0.1, 0.15) is 0 Å². The molecule has 1 spiro atoms. The van der Waals surface area contributed by atoms with Crippen molar-refractivity contribution in [3.05, 3.63) is 23.7 Å². The second kappa shape index (κ2) is 3.83. The third-order valence-electron chi connectivity index (χ3n) is 4.01. The summed E-state index contributed by atoms with van der Waals surface area (Å²) in [5.41, 5.74) is 1.14. The van der Waals surface area contributed by atoms with E-state index < -0.39 is 11.4 Å². The Labute approximate surface area is 101 Å². The van der Waals surface area contributed by atoms with E-state index in [1.54, 1.807) is 12.5 Å². The number of furan rings is 1. The Balaban J connectivity index is 1.77. The van der Waals surface area contributed by atoms with Crippen molar-refractivity contribution in [3.63, 3.8) is 0 Å². The highest BCUT2D eigenvalue weighted by molar-refractivity contribution is 5.27. The lowest BCUT2D eigenvalue weighted by Gasteiger charge is -2.40. The summed E-state index contributed by atoms with van der Waals surface area (Å²) >= 11 is 0. The normalized spacial score (nSPS) is 26.5. The highest BCUT2D eigenvalue weighted by atomic mass is 16.7. The summed E-state index contributed by atoms with van der Waals surface area (Å²) in [5.74, 6) is -0.427. The Morgan fingerprint density at radius 3 is 2.24 bits per heavy atom. The first kappa shape index (κ1) is 11.3. The largest absolute Gasteiger partial charge is 0.472 e. The molecule has 3 rings (SSSR count). The zero-order valence-corrected chi connectivity index (χ0v) is 10.1. The van der Waals surface area contributed by atoms with Gasteiger partial charge in [0.05, 0.1) is 31.3 Å². The van der Waals surface area contributed by atoms with Crippen LogP contribution in [0.2, 0.25) is 0 Å². The van der Waals surface area contributed by atoms with Gasteiger partial charge in [-0.15, -0.1) is 0 Å². The highest BCUT2D eigenvalue weighted by Gasteiger charge is 2.46. The van der Waals surface area contributed by atoms with Crippen molar-refractivity contribution in [1.29, 1.82) is 0 Å². The molecule has 4 nitrogen and oxygen atoms in total. The Hall–Kier alpha value is -0.840. The fourth-order valence-corrected chi connectivity index (χ4v) is 2.94. The van der Waals surface area contributed by atoms with E-state index in [0.29, 0.717) is 26.1 Å². The van der Waals surface area contributed by atoms with Gasteiger partial charge in [-0.05, 0) is 25.3 Å². The van der Waals surface area contributed by atoms with Crippen LogP contribution >= 0.6 is 0 Å². The van der Waals surface area contributed by atoms with E-state index in [1.165, 1.54) is 0 Å². The molecule has 1 aromatic rings. The molecule has 1 N–H and O–H groups in total. The van der Waals surface area contributed by atoms with Crippen molar-refractivity contribution < 1.29 is 19.0 Å². The van der Waals surface area contributed by atoms with Crippen molar-refractivity contribution in [2.45, 2.75) is 44.0 Å². The molecule has 0 aromatic carbocycles. The zero-order valence-electron chi connectivity index (χ0n) is 10.1. The molecule has 4 heteroatoms. The number of hydrogen-bond donors (Lipinski definition) is 1. The molecule has 1 aromatic heterocycles. The summed E-state index contributed by atoms with van der Waals surface area (Å²) in [4.78, 5) is 0. The van der Waals surface area contributed by atoms with Crippen LogP contribution in [0.3, 0.4) is 0 Å². The maximum Gasteiger partial charge on any atom is 0.168 e. The second-order valence-corrected chi connectivity index (χ2v) is 5.11. The van der Waals surface area contributed by atoms with Crippen LogP contribution in [0.1, 0.15) is 36.8 Å². The topological polar surface area (TPSA) is 51.8 Å². The quantitative estimate of drug-likeness (QED) is 0.814. The molecule has 1 saturated carbocycles. The van der Waals surface area contributed by atoms with E-state index in [1.807, 2.05) is 6.92 Å². The first-order valence-corrected chi connectivity index (χ1v) is 6.17. The van der Waals surface area contributed by atoms with Crippen molar-refractivity contribution >= 4 is 0 Å². The van der Waals surface area contributed by atoms with Crippen LogP contribution in [0.25, 0.3) is 0 Å². The van der Waals surface area contributed by atoms with Crippen LogP contribution in [0.4, 0.5) is 0 Å². The molecule has 17 heavy (non-hydrogen) atoms. The number of ether oxygens (including phenoxy) is 2. The van der Waals surface area contributed by atoms with Gasteiger partial charge in [0.2, 0.25) is 0 Å². The first-order chi connectivity index (χ1) is 8.14. The molecule has 94 valence electrons. The minimum Gasteiger partial charge on any atom is -0.472 e. The number of aryl methyl sites for hydroxylation is 1. The van der Waals surface area contributed by atoms with Crippen LogP contribution < -0.4 is 0 Å². The van der Waals surface area contributed by atoms with Gasteiger partial charge in [-0.3, -0.25) is 0 Å². The SMILES string of the molecule is Cc1cocc1C1(O)CCC2(CC1)OCCO2. The lowest BCUT2D eigenvalue weighted by Crippen LogP contribution is -2.42. The second-order valence-electron chi connectivity index (χ2n) is 5.11. The third kappa shape index (κ3) is 1.80. The average Bonchev–Trinajstić information content (AvgIpc) is 2.94. The van der Waals surface area contributed by atoms with Gasteiger partial charge in [0, 0.05) is 18.4 Å². The summed E-state index contributed by atoms with van der Waals surface area (Å²) in [5, 5.41) is 10.7. The summed E-state index contributed by atoms with van der Waals surface area (Å²) in [6, 6.07) is 0. The Morgan fingerprint density at radius 1 is 1.06 bits per heavy atom. The predicted molar refractivity (Wildman–Crippen MR) is 60.4 cm³/mol. The van der Waals surface area contributed by atoms with Gasteiger partial charge in [0.15, 0.2) is 5.79 Å². The molecule has 2 aliphatic rings. The molecular formula is C13H18O4. The van der Waals surface area contributed by atoms with Gasteiger partial charge >= 0.3 is 0 Å². The molecule has 0 unspecified atom stereocenters. The Morgan fingerprint density at radius 2 is 1.71 bits per heavy atom. The van der Waals surface area contributed by atoms with E-state index in [9.17, 15) is 5.11 Å². The van der Waals surface area contributed by atoms with Crippen LogP contribution in [-0.4, -0.2) is 24.1 Å². The zero-order chi connectivity index (χ0) is 11.9. The van der Waals surface area contributed by atoms with Crippen molar-refractivity contribution in [1.82, 2.24) is 0 Å². The summed E-state index contributed by atoms with van der Waals surface area (Å²) in [6.07, 6.45) is 6.15. The molecule has 0 amide bonds. The summed E-state index contributed by atoms with van der Waals surface area (Å²) < 4.78 is 16.5. The van der Waals surface area contributed by atoms with Gasteiger partial charge in [-0.25, -0.2) is 0 Å². The van der Waals surface area contributed by atoms with E-state index in [0.717, 1.165) is 24.0 Å². The van der Waals surface area contributed by atoms with Crippen molar-refractivity contribution in [3.8, 4) is 0 Å². The molecule has 0 radical (unpaired) electrons. The molecule has 0 bridgehead atoms. The Bertz CT molecular complexity index is 393.